The first-order chi connectivity index (χ1) is 18.1. The number of carbonyl (C=O) groups is 1. The van der Waals surface area contributed by atoms with Crippen molar-refractivity contribution in [1.29, 1.82) is 5.26 Å². The smallest absolute Gasteiger partial charge is 0.429 e. The third-order valence-electron chi connectivity index (χ3n) is 5.90. The SMILES string of the molecule is CCN(C(=O)c1cc(-c2cnn(C(=NC)C(OC(F)F)=C(N)C(F)(F)C(F)(F)F)c2)ccc1Cl)C1(C#N)CC1. The molecule has 1 aliphatic carbocycles. The normalized spacial score (nSPS) is 16.0. The second-order valence-electron chi connectivity index (χ2n) is 8.30. The summed E-state index contributed by atoms with van der Waals surface area (Å²) in [7, 11) is 0.909. The summed E-state index contributed by atoms with van der Waals surface area (Å²) in [6.07, 6.45) is -3.05. The Labute approximate surface area is 222 Å². The molecular formula is C23H20ClF7N6O2. The molecule has 0 saturated heterocycles. The predicted molar refractivity (Wildman–Crippen MR) is 125 cm³/mol. The standard InChI is InChI=1S/C23H20ClF7N6O2/c1-3-36(21(11-32)6-7-21)19(38)14-8-12(4-5-15(14)24)13-9-35-37(10-13)18(34-2)16(39-20(25)26)17(33)22(27,28)23(29,30)31/h4-5,8-10,20H,3,6-7,33H2,1-2H3. The molecule has 1 saturated carbocycles. The van der Waals surface area contributed by atoms with E-state index in [-0.39, 0.29) is 28.3 Å². The minimum Gasteiger partial charge on any atom is -0.429 e. The number of aromatic nitrogens is 2. The molecule has 39 heavy (non-hydrogen) atoms. The number of nitriles is 1. The van der Waals surface area contributed by atoms with E-state index < -0.39 is 47.4 Å². The van der Waals surface area contributed by atoms with Crippen LogP contribution < -0.4 is 5.73 Å². The molecule has 0 atom stereocenters. The number of hydrogen-bond acceptors (Lipinski definition) is 6. The maximum Gasteiger partial charge on any atom is 0.459 e. The molecule has 2 N–H and O–H groups in total. The third kappa shape index (κ3) is 5.65. The van der Waals surface area contributed by atoms with Crippen LogP contribution in [0.2, 0.25) is 5.02 Å². The van der Waals surface area contributed by atoms with Crippen LogP contribution in [0.3, 0.4) is 0 Å². The van der Waals surface area contributed by atoms with Crippen molar-refractivity contribution in [2.24, 2.45) is 10.7 Å². The van der Waals surface area contributed by atoms with Crippen LogP contribution >= 0.6 is 11.6 Å². The van der Waals surface area contributed by atoms with Gasteiger partial charge in [-0.25, -0.2) is 4.68 Å². The lowest BCUT2D eigenvalue weighted by Gasteiger charge is -2.26. The molecule has 0 unspecified atom stereocenters. The molecule has 1 aromatic carbocycles. The minimum atomic E-state index is -6.22. The zero-order chi connectivity index (χ0) is 29.3. The molecule has 3 rings (SSSR count). The summed E-state index contributed by atoms with van der Waals surface area (Å²) in [5.41, 5.74) is 2.18. The molecule has 0 radical (unpaired) electrons. The fourth-order valence-corrected chi connectivity index (χ4v) is 3.93. The maximum atomic E-state index is 13.9. The van der Waals surface area contributed by atoms with Gasteiger partial charge in [0.05, 0.1) is 22.9 Å². The topological polar surface area (TPSA) is 110 Å². The number of nitrogens with zero attached hydrogens (tertiary/aromatic N) is 5. The average molecular weight is 581 g/mol. The van der Waals surface area contributed by atoms with Crippen LogP contribution in [-0.2, 0) is 4.74 Å². The van der Waals surface area contributed by atoms with Crippen molar-refractivity contribution in [3.8, 4) is 17.2 Å². The molecule has 0 bridgehead atoms. The Morgan fingerprint density at radius 1 is 1.31 bits per heavy atom. The van der Waals surface area contributed by atoms with E-state index >= 15 is 0 Å². The second kappa shape index (κ2) is 10.8. The van der Waals surface area contributed by atoms with Gasteiger partial charge >= 0.3 is 18.7 Å². The molecule has 1 aliphatic rings. The molecule has 2 aromatic rings. The lowest BCUT2D eigenvalue weighted by molar-refractivity contribution is -0.266. The van der Waals surface area contributed by atoms with Crippen molar-refractivity contribution < 1.29 is 40.3 Å². The van der Waals surface area contributed by atoms with Gasteiger partial charge in [0.2, 0.25) is 0 Å². The van der Waals surface area contributed by atoms with Crippen LogP contribution in [0.25, 0.3) is 11.1 Å². The zero-order valence-electron chi connectivity index (χ0n) is 20.2. The first kappa shape index (κ1) is 29.8. The second-order valence-corrected chi connectivity index (χ2v) is 8.71. The molecule has 1 amide bonds. The lowest BCUT2D eigenvalue weighted by atomic mass is 10.0. The van der Waals surface area contributed by atoms with Crippen molar-refractivity contribution in [3.05, 3.63) is 52.6 Å². The summed E-state index contributed by atoms with van der Waals surface area (Å²) in [6, 6.07) is 6.32. The number of alkyl halides is 7. The van der Waals surface area contributed by atoms with E-state index in [2.05, 4.69) is 20.9 Å². The quantitative estimate of drug-likeness (QED) is 0.200. The Kier molecular flexibility index (Phi) is 8.21. The zero-order valence-corrected chi connectivity index (χ0v) is 21.0. The molecule has 0 spiro atoms. The Balaban J connectivity index is 2.04. The highest BCUT2D eigenvalue weighted by atomic mass is 35.5. The molecular weight excluding hydrogens is 561 g/mol. The van der Waals surface area contributed by atoms with Gasteiger partial charge in [-0.2, -0.15) is 41.1 Å². The Bertz CT molecular complexity index is 1360. The number of benzene rings is 1. The lowest BCUT2D eigenvalue weighted by Crippen LogP contribution is -2.43. The minimum absolute atomic E-state index is 0.0327. The molecule has 1 heterocycles. The number of rotatable bonds is 8. The molecule has 210 valence electrons. The number of carbonyl (C=O) groups excluding carboxylic acids is 1. The molecule has 1 aromatic heterocycles. The van der Waals surface area contributed by atoms with E-state index in [1.807, 2.05) is 0 Å². The average Bonchev–Trinajstić information content (AvgIpc) is 3.50. The van der Waals surface area contributed by atoms with Gasteiger partial charge in [0.25, 0.3) is 5.91 Å². The largest absolute Gasteiger partial charge is 0.459 e. The van der Waals surface area contributed by atoms with E-state index in [1.54, 1.807) is 6.92 Å². The van der Waals surface area contributed by atoms with Gasteiger partial charge in [-0.05, 0) is 37.5 Å². The number of ether oxygens (including phenoxy) is 1. The fourth-order valence-electron chi connectivity index (χ4n) is 3.73. The van der Waals surface area contributed by atoms with E-state index in [0.717, 1.165) is 19.4 Å². The summed E-state index contributed by atoms with van der Waals surface area (Å²) in [4.78, 5) is 18.1. The van der Waals surface area contributed by atoms with Gasteiger partial charge < -0.3 is 15.4 Å². The van der Waals surface area contributed by atoms with Gasteiger partial charge in [-0.15, -0.1) is 0 Å². The van der Waals surface area contributed by atoms with E-state index in [1.165, 1.54) is 23.1 Å². The highest BCUT2D eigenvalue weighted by Crippen LogP contribution is 2.43. The maximum absolute atomic E-state index is 13.9. The van der Waals surface area contributed by atoms with Crippen LogP contribution in [0.4, 0.5) is 30.7 Å². The molecule has 1 fully saturated rings. The van der Waals surface area contributed by atoms with E-state index in [4.69, 9.17) is 17.3 Å². The number of halogens is 8. The third-order valence-corrected chi connectivity index (χ3v) is 6.23. The van der Waals surface area contributed by atoms with E-state index in [9.17, 15) is 40.8 Å². The summed E-state index contributed by atoms with van der Waals surface area (Å²) >= 11 is 6.23. The molecule has 16 heteroatoms. The fraction of sp³-hybridized carbons (Fsp3) is 0.391. The number of aliphatic imine (C=N–C) groups is 1. The van der Waals surface area contributed by atoms with Crippen molar-refractivity contribution in [1.82, 2.24) is 14.7 Å². The van der Waals surface area contributed by atoms with Crippen molar-refractivity contribution in [2.75, 3.05) is 13.6 Å². The summed E-state index contributed by atoms with van der Waals surface area (Å²) in [5.74, 6) is -8.97. The van der Waals surface area contributed by atoms with Crippen LogP contribution in [0.1, 0.15) is 30.1 Å². The van der Waals surface area contributed by atoms with Gasteiger partial charge in [0.15, 0.2) is 11.6 Å². The van der Waals surface area contributed by atoms with Crippen LogP contribution in [-0.4, -0.2) is 64.3 Å². The van der Waals surface area contributed by atoms with Crippen LogP contribution in [0, 0.1) is 11.3 Å². The van der Waals surface area contributed by atoms with Crippen LogP contribution in [0.5, 0.6) is 0 Å². The highest BCUT2D eigenvalue weighted by Gasteiger charge is 2.61. The van der Waals surface area contributed by atoms with Crippen molar-refractivity contribution >= 4 is 23.3 Å². The Hall–Kier alpha value is -3.80. The van der Waals surface area contributed by atoms with Gasteiger partial charge in [0, 0.05) is 25.4 Å². The van der Waals surface area contributed by atoms with Gasteiger partial charge in [-0.1, -0.05) is 17.7 Å². The number of nitrogens with two attached hydrogens (primary N) is 1. The Morgan fingerprint density at radius 3 is 2.44 bits per heavy atom. The molecule has 0 aliphatic heterocycles. The predicted octanol–water partition coefficient (Wildman–Crippen LogP) is 5.21. The summed E-state index contributed by atoms with van der Waals surface area (Å²) < 4.78 is 96.9. The number of allylic oxidation sites excluding steroid dienone is 2. The summed E-state index contributed by atoms with van der Waals surface area (Å²) in [6.45, 7) is -1.91. The molecule has 8 nitrogen and oxygen atoms in total. The highest BCUT2D eigenvalue weighted by molar-refractivity contribution is 6.34. The van der Waals surface area contributed by atoms with Gasteiger partial charge in [0.1, 0.15) is 11.2 Å². The first-order valence-electron chi connectivity index (χ1n) is 11.1. The monoisotopic (exact) mass is 580 g/mol. The Morgan fingerprint density at radius 2 is 1.95 bits per heavy atom. The van der Waals surface area contributed by atoms with E-state index in [0.29, 0.717) is 17.5 Å². The van der Waals surface area contributed by atoms with Crippen LogP contribution in [0.15, 0.2) is 47.0 Å². The number of hydrogen-bond donors (Lipinski definition) is 1. The first-order valence-corrected chi connectivity index (χ1v) is 11.5. The van der Waals surface area contributed by atoms with Gasteiger partial charge in [-0.3, -0.25) is 9.79 Å². The number of amides is 1. The summed E-state index contributed by atoms with van der Waals surface area (Å²) in [5, 5.41) is 13.4. The van der Waals surface area contributed by atoms with Crippen molar-refractivity contribution in [2.45, 2.75) is 44.0 Å². The van der Waals surface area contributed by atoms with Crippen molar-refractivity contribution in [3.63, 3.8) is 0 Å².